The smallest absolute Gasteiger partial charge is 0.0561 e. The van der Waals surface area contributed by atoms with Gasteiger partial charge in [0, 0.05) is 5.02 Å². The van der Waals surface area contributed by atoms with E-state index in [2.05, 4.69) is 5.92 Å². The number of hydrogen-bond donors (Lipinski definition) is 0. The molecule has 1 fully saturated rings. The molecule has 60 valence electrons. The van der Waals surface area contributed by atoms with Crippen molar-refractivity contribution < 1.29 is 0 Å². The van der Waals surface area contributed by atoms with Crippen LogP contribution < -0.4 is 0 Å². The Morgan fingerprint density at radius 1 is 1.25 bits per heavy atom. The van der Waals surface area contributed by atoms with Crippen LogP contribution in [0.15, 0.2) is 24.3 Å². The molecule has 1 aromatic rings. The minimum atomic E-state index is 0.0462. The molecule has 0 N–H and O–H groups in total. The minimum Gasteiger partial charge on any atom is -0.119 e. The van der Waals surface area contributed by atoms with Crippen LogP contribution in [0.25, 0.3) is 0 Å². The molecule has 0 saturated heterocycles. The van der Waals surface area contributed by atoms with Gasteiger partial charge in [0.25, 0.3) is 0 Å². The number of rotatable bonds is 1. The zero-order valence-electron chi connectivity index (χ0n) is 6.68. The van der Waals surface area contributed by atoms with Crippen molar-refractivity contribution in [3.05, 3.63) is 34.9 Å². The fourth-order valence-electron chi connectivity index (χ4n) is 1.41. The van der Waals surface area contributed by atoms with E-state index in [0.717, 1.165) is 17.9 Å². The van der Waals surface area contributed by atoms with Gasteiger partial charge >= 0.3 is 0 Å². The maximum Gasteiger partial charge on any atom is 0.0561 e. The SMILES string of the molecule is C#CC1(c2ccc(Cl)cc2)CC1. The topological polar surface area (TPSA) is 0 Å². The summed E-state index contributed by atoms with van der Waals surface area (Å²) < 4.78 is 0. The standard InChI is InChI=1S/C11H9Cl/c1-2-11(7-8-11)9-3-5-10(12)6-4-9/h1,3-6H,7-8H2. The Hall–Kier alpha value is -0.930. The Kier molecular flexibility index (Phi) is 1.63. The number of benzene rings is 1. The van der Waals surface area contributed by atoms with Crippen LogP contribution in [-0.4, -0.2) is 0 Å². The molecular weight excluding hydrogens is 168 g/mol. The van der Waals surface area contributed by atoms with Crippen molar-refractivity contribution >= 4 is 11.6 Å². The number of hydrogen-bond acceptors (Lipinski definition) is 0. The van der Waals surface area contributed by atoms with E-state index in [1.807, 2.05) is 24.3 Å². The van der Waals surface area contributed by atoms with Crippen LogP contribution in [0.1, 0.15) is 18.4 Å². The largest absolute Gasteiger partial charge is 0.119 e. The molecule has 12 heavy (non-hydrogen) atoms. The van der Waals surface area contributed by atoms with Crippen molar-refractivity contribution in [3.63, 3.8) is 0 Å². The maximum absolute atomic E-state index is 5.77. The summed E-state index contributed by atoms with van der Waals surface area (Å²) in [5, 5.41) is 0.770. The van der Waals surface area contributed by atoms with E-state index < -0.39 is 0 Å². The number of halogens is 1. The molecule has 1 saturated carbocycles. The van der Waals surface area contributed by atoms with Crippen LogP contribution in [0, 0.1) is 12.3 Å². The predicted octanol–water partition coefficient (Wildman–Crippen LogP) is 3.00. The zero-order chi connectivity index (χ0) is 8.60. The van der Waals surface area contributed by atoms with Crippen molar-refractivity contribution in [1.82, 2.24) is 0 Å². The molecule has 0 radical (unpaired) electrons. The van der Waals surface area contributed by atoms with Crippen molar-refractivity contribution in [2.45, 2.75) is 18.3 Å². The lowest BCUT2D eigenvalue weighted by Crippen LogP contribution is -2.01. The van der Waals surface area contributed by atoms with E-state index in [4.69, 9.17) is 18.0 Å². The van der Waals surface area contributed by atoms with E-state index in [0.29, 0.717) is 0 Å². The molecule has 0 aliphatic heterocycles. The van der Waals surface area contributed by atoms with Crippen molar-refractivity contribution in [2.24, 2.45) is 0 Å². The van der Waals surface area contributed by atoms with Gasteiger partial charge in [0.15, 0.2) is 0 Å². The van der Waals surface area contributed by atoms with Crippen molar-refractivity contribution in [2.75, 3.05) is 0 Å². The summed E-state index contributed by atoms with van der Waals surface area (Å²) in [5.74, 6) is 2.85. The third kappa shape index (κ3) is 1.11. The first-order valence-electron chi connectivity index (χ1n) is 4.01. The van der Waals surface area contributed by atoms with E-state index >= 15 is 0 Å². The summed E-state index contributed by atoms with van der Waals surface area (Å²) in [6.07, 6.45) is 7.69. The molecule has 0 aromatic heterocycles. The van der Waals surface area contributed by atoms with Crippen LogP contribution in [-0.2, 0) is 5.41 Å². The fraction of sp³-hybridized carbons (Fsp3) is 0.273. The van der Waals surface area contributed by atoms with Gasteiger partial charge in [-0.1, -0.05) is 29.7 Å². The van der Waals surface area contributed by atoms with Crippen LogP contribution in [0.4, 0.5) is 0 Å². The Morgan fingerprint density at radius 2 is 1.83 bits per heavy atom. The quantitative estimate of drug-likeness (QED) is 0.577. The average Bonchev–Trinajstić information content (AvgIpc) is 2.86. The molecule has 0 unspecified atom stereocenters. The Bertz CT molecular complexity index is 325. The zero-order valence-corrected chi connectivity index (χ0v) is 7.43. The highest BCUT2D eigenvalue weighted by atomic mass is 35.5. The summed E-state index contributed by atoms with van der Waals surface area (Å²) in [6.45, 7) is 0. The van der Waals surface area contributed by atoms with Gasteiger partial charge in [-0.3, -0.25) is 0 Å². The lowest BCUT2D eigenvalue weighted by molar-refractivity contribution is 0.931. The van der Waals surface area contributed by atoms with Gasteiger partial charge < -0.3 is 0 Å². The number of terminal acetylenes is 1. The fourth-order valence-corrected chi connectivity index (χ4v) is 1.54. The maximum atomic E-state index is 5.77. The second kappa shape index (κ2) is 2.54. The first kappa shape index (κ1) is 7.71. The molecule has 0 spiro atoms. The molecule has 2 rings (SSSR count). The highest BCUT2D eigenvalue weighted by molar-refractivity contribution is 6.30. The van der Waals surface area contributed by atoms with Gasteiger partial charge in [-0.25, -0.2) is 0 Å². The van der Waals surface area contributed by atoms with Gasteiger partial charge in [-0.05, 0) is 30.5 Å². The molecule has 1 aromatic carbocycles. The van der Waals surface area contributed by atoms with Gasteiger partial charge in [-0.15, -0.1) is 6.42 Å². The molecule has 1 aliphatic carbocycles. The Balaban J connectivity index is 2.37. The van der Waals surface area contributed by atoms with E-state index in [9.17, 15) is 0 Å². The molecular formula is C11H9Cl. The first-order chi connectivity index (χ1) is 5.77. The second-order valence-electron chi connectivity index (χ2n) is 3.23. The highest BCUT2D eigenvalue weighted by Gasteiger charge is 2.42. The molecule has 1 aliphatic rings. The molecule has 0 atom stereocenters. The average molecular weight is 177 g/mol. The molecule has 0 nitrogen and oxygen atoms in total. The monoisotopic (exact) mass is 176 g/mol. The molecule has 0 amide bonds. The summed E-state index contributed by atoms with van der Waals surface area (Å²) in [7, 11) is 0. The Morgan fingerprint density at radius 3 is 2.25 bits per heavy atom. The summed E-state index contributed by atoms with van der Waals surface area (Å²) >= 11 is 5.77. The summed E-state index contributed by atoms with van der Waals surface area (Å²) in [4.78, 5) is 0. The normalized spacial score (nSPS) is 18.3. The Labute approximate surface area is 77.6 Å². The lowest BCUT2D eigenvalue weighted by atomic mass is 9.97. The lowest BCUT2D eigenvalue weighted by Gasteiger charge is -2.06. The van der Waals surface area contributed by atoms with Crippen LogP contribution in [0.5, 0.6) is 0 Å². The van der Waals surface area contributed by atoms with Crippen molar-refractivity contribution in [3.8, 4) is 12.3 Å². The van der Waals surface area contributed by atoms with E-state index in [1.54, 1.807) is 0 Å². The van der Waals surface area contributed by atoms with Crippen LogP contribution >= 0.6 is 11.6 Å². The molecule has 0 bridgehead atoms. The first-order valence-corrected chi connectivity index (χ1v) is 4.38. The van der Waals surface area contributed by atoms with Gasteiger partial charge in [0.05, 0.1) is 5.41 Å². The minimum absolute atomic E-state index is 0.0462. The van der Waals surface area contributed by atoms with Crippen LogP contribution in [0.3, 0.4) is 0 Å². The van der Waals surface area contributed by atoms with Crippen molar-refractivity contribution in [1.29, 1.82) is 0 Å². The van der Waals surface area contributed by atoms with E-state index in [1.165, 1.54) is 5.56 Å². The van der Waals surface area contributed by atoms with Gasteiger partial charge in [0.2, 0.25) is 0 Å². The highest BCUT2D eigenvalue weighted by Crippen LogP contribution is 2.47. The van der Waals surface area contributed by atoms with Gasteiger partial charge in [0.1, 0.15) is 0 Å². The van der Waals surface area contributed by atoms with E-state index in [-0.39, 0.29) is 5.41 Å². The summed E-state index contributed by atoms with van der Waals surface area (Å²) in [6, 6.07) is 7.84. The summed E-state index contributed by atoms with van der Waals surface area (Å²) in [5.41, 5.74) is 1.28. The third-order valence-corrected chi connectivity index (χ3v) is 2.68. The predicted molar refractivity (Wildman–Crippen MR) is 51.2 cm³/mol. The van der Waals surface area contributed by atoms with Gasteiger partial charge in [-0.2, -0.15) is 0 Å². The molecule has 1 heteroatoms. The second-order valence-corrected chi connectivity index (χ2v) is 3.67. The third-order valence-electron chi connectivity index (χ3n) is 2.42. The molecule has 0 heterocycles. The van der Waals surface area contributed by atoms with Crippen LogP contribution in [0.2, 0.25) is 5.02 Å².